The van der Waals surface area contributed by atoms with Crippen molar-refractivity contribution in [1.29, 1.82) is 0 Å². The molecular weight excluding hydrogens is 240 g/mol. The zero-order valence-corrected chi connectivity index (χ0v) is 11.7. The molecule has 1 N–H and O–H groups in total. The van der Waals surface area contributed by atoms with E-state index in [2.05, 4.69) is 5.32 Å². The molecule has 0 radical (unpaired) electrons. The van der Waals surface area contributed by atoms with E-state index in [1.807, 2.05) is 39.0 Å². The molecule has 2 amide bonds. The van der Waals surface area contributed by atoms with Gasteiger partial charge < -0.3 is 10.2 Å². The molecule has 1 unspecified atom stereocenters. The molecule has 102 valence electrons. The second-order valence-corrected chi connectivity index (χ2v) is 5.06. The lowest BCUT2D eigenvalue weighted by Gasteiger charge is -2.25. The number of rotatable bonds is 2. The Bertz CT molecular complexity index is 511. The van der Waals surface area contributed by atoms with Crippen LogP contribution in [0.15, 0.2) is 18.2 Å². The van der Waals surface area contributed by atoms with E-state index in [-0.39, 0.29) is 11.8 Å². The molecule has 0 spiro atoms. The van der Waals surface area contributed by atoms with Gasteiger partial charge in [0.15, 0.2) is 0 Å². The number of hydrogen-bond acceptors (Lipinski definition) is 2. The van der Waals surface area contributed by atoms with E-state index < -0.39 is 6.04 Å². The number of benzene rings is 1. The van der Waals surface area contributed by atoms with Crippen LogP contribution in [0.2, 0.25) is 0 Å². The molecule has 1 aliphatic heterocycles. The highest BCUT2D eigenvalue weighted by molar-refractivity contribution is 6.01. The molecule has 1 atom stereocenters. The third-order valence-corrected chi connectivity index (χ3v) is 3.53. The predicted octanol–water partition coefficient (Wildman–Crippen LogP) is 1.93. The number of carbonyl (C=O) groups is 2. The van der Waals surface area contributed by atoms with E-state index in [4.69, 9.17) is 0 Å². The van der Waals surface area contributed by atoms with Crippen molar-refractivity contribution in [1.82, 2.24) is 5.32 Å². The minimum atomic E-state index is -0.407. The van der Waals surface area contributed by atoms with Crippen molar-refractivity contribution in [2.24, 2.45) is 0 Å². The Morgan fingerprint density at radius 3 is 2.74 bits per heavy atom. The summed E-state index contributed by atoms with van der Waals surface area (Å²) in [5, 5.41) is 2.78. The largest absolute Gasteiger partial charge is 0.344 e. The topological polar surface area (TPSA) is 49.4 Å². The molecule has 4 heteroatoms. The van der Waals surface area contributed by atoms with Gasteiger partial charge in [-0.05, 0) is 37.5 Å². The Balaban J connectivity index is 2.38. The van der Waals surface area contributed by atoms with Crippen molar-refractivity contribution < 1.29 is 9.59 Å². The number of nitrogens with zero attached hydrogens (tertiary/aromatic N) is 1. The molecule has 4 nitrogen and oxygen atoms in total. The van der Waals surface area contributed by atoms with Gasteiger partial charge in [-0.3, -0.25) is 9.59 Å². The second kappa shape index (κ2) is 5.43. The first-order valence-electron chi connectivity index (χ1n) is 6.71. The van der Waals surface area contributed by atoms with Gasteiger partial charge in [-0.2, -0.15) is 0 Å². The zero-order chi connectivity index (χ0) is 14.0. The number of amides is 2. The van der Waals surface area contributed by atoms with E-state index >= 15 is 0 Å². The first-order chi connectivity index (χ1) is 9.02. The zero-order valence-electron chi connectivity index (χ0n) is 11.7. The van der Waals surface area contributed by atoms with Crippen molar-refractivity contribution in [2.45, 2.75) is 39.7 Å². The maximum atomic E-state index is 12.5. The second-order valence-electron chi connectivity index (χ2n) is 5.06. The lowest BCUT2D eigenvalue weighted by molar-refractivity contribution is -0.125. The maximum absolute atomic E-state index is 12.5. The smallest absolute Gasteiger partial charge is 0.249 e. The van der Waals surface area contributed by atoms with Crippen LogP contribution in [0.5, 0.6) is 0 Å². The highest BCUT2D eigenvalue weighted by Crippen LogP contribution is 2.24. The minimum Gasteiger partial charge on any atom is -0.344 e. The molecular formula is C15H20N2O2. The summed E-state index contributed by atoms with van der Waals surface area (Å²) in [7, 11) is 0. The average Bonchev–Trinajstić information content (AvgIpc) is 2.52. The van der Waals surface area contributed by atoms with Gasteiger partial charge in [-0.15, -0.1) is 0 Å². The first-order valence-corrected chi connectivity index (χ1v) is 6.71. The highest BCUT2D eigenvalue weighted by atomic mass is 16.2. The fourth-order valence-corrected chi connectivity index (χ4v) is 2.37. The predicted molar refractivity (Wildman–Crippen MR) is 75.1 cm³/mol. The first kappa shape index (κ1) is 13.6. The Hall–Kier alpha value is -1.84. The van der Waals surface area contributed by atoms with Gasteiger partial charge in [0.1, 0.15) is 6.04 Å². The van der Waals surface area contributed by atoms with Crippen LogP contribution in [-0.2, 0) is 9.59 Å². The minimum absolute atomic E-state index is 0.0120. The monoisotopic (exact) mass is 260 g/mol. The van der Waals surface area contributed by atoms with Crippen LogP contribution in [0.25, 0.3) is 0 Å². The van der Waals surface area contributed by atoms with Crippen LogP contribution in [0.4, 0.5) is 5.69 Å². The number of nitrogens with one attached hydrogen (secondary N) is 1. The van der Waals surface area contributed by atoms with Gasteiger partial charge in [-0.25, -0.2) is 0 Å². The fourth-order valence-electron chi connectivity index (χ4n) is 2.37. The van der Waals surface area contributed by atoms with Crippen LogP contribution >= 0.6 is 0 Å². The van der Waals surface area contributed by atoms with Crippen molar-refractivity contribution >= 4 is 17.5 Å². The van der Waals surface area contributed by atoms with Crippen LogP contribution in [-0.4, -0.2) is 24.4 Å². The molecule has 0 bridgehead atoms. The molecule has 1 aromatic rings. The van der Waals surface area contributed by atoms with E-state index in [0.717, 1.165) is 16.8 Å². The third-order valence-electron chi connectivity index (χ3n) is 3.53. The van der Waals surface area contributed by atoms with E-state index in [0.29, 0.717) is 19.4 Å². The number of aryl methyl sites for hydroxylation is 2. The van der Waals surface area contributed by atoms with Gasteiger partial charge in [-0.1, -0.05) is 19.1 Å². The van der Waals surface area contributed by atoms with E-state index in [1.54, 1.807) is 4.90 Å². The Kier molecular flexibility index (Phi) is 3.88. The van der Waals surface area contributed by atoms with Crippen molar-refractivity contribution in [2.75, 3.05) is 11.4 Å². The van der Waals surface area contributed by atoms with Gasteiger partial charge in [0.2, 0.25) is 11.8 Å². The normalized spacial score (nSPS) is 20.2. The summed E-state index contributed by atoms with van der Waals surface area (Å²) in [6.45, 7) is 6.36. The number of carbonyl (C=O) groups excluding carboxylic acids is 2. The molecule has 0 saturated carbocycles. The summed E-state index contributed by atoms with van der Waals surface area (Å²) in [5.74, 6) is -0.0601. The van der Waals surface area contributed by atoms with Crippen molar-refractivity contribution in [3.05, 3.63) is 29.3 Å². The highest BCUT2D eigenvalue weighted by Gasteiger charge is 2.29. The number of hydrogen-bond donors (Lipinski definition) is 1. The molecule has 19 heavy (non-hydrogen) atoms. The Labute approximate surface area is 113 Å². The third kappa shape index (κ3) is 2.78. The lowest BCUT2D eigenvalue weighted by atomic mass is 10.1. The van der Waals surface area contributed by atoms with Crippen molar-refractivity contribution in [3.63, 3.8) is 0 Å². The quantitative estimate of drug-likeness (QED) is 0.883. The SMILES string of the molecule is CCC1NC(=O)CCN(c2cc(C)ccc2C)C1=O. The Morgan fingerprint density at radius 1 is 1.32 bits per heavy atom. The van der Waals surface area contributed by atoms with Crippen LogP contribution in [0.1, 0.15) is 30.9 Å². The Morgan fingerprint density at radius 2 is 2.05 bits per heavy atom. The summed E-state index contributed by atoms with van der Waals surface area (Å²) < 4.78 is 0. The summed E-state index contributed by atoms with van der Waals surface area (Å²) in [5.41, 5.74) is 3.09. The molecule has 2 rings (SSSR count). The molecule has 1 fully saturated rings. The fraction of sp³-hybridized carbons (Fsp3) is 0.467. The molecule has 0 aromatic heterocycles. The molecule has 1 aromatic carbocycles. The molecule has 1 heterocycles. The lowest BCUT2D eigenvalue weighted by Crippen LogP contribution is -2.44. The molecule has 1 saturated heterocycles. The van der Waals surface area contributed by atoms with Crippen molar-refractivity contribution in [3.8, 4) is 0 Å². The maximum Gasteiger partial charge on any atom is 0.249 e. The van der Waals surface area contributed by atoms with Gasteiger partial charge in [0.05, 0.1) is 0 Å². The standard InChI is InChI=1S/C15H20N2O2/c1-4-12-15(19)17(8-7-14(18)16-12)13-9-10(2)5-6-11(13)3/h5-6,9,12H,4,7-8H2,1-3H3,(H,16,18). The summed E-state index contributed by atoms with van der Waals surface area (Å²) >= 11 is 0. The van der Waals surface area contributed by atoms with Gasteiger partial charge in [0, 0.05) is 18.7 Å². The summed E-state index contributed by atoms with van der Waals surface area (Å²) in [4.78, 5) is 25.9. The van der Waals surface area contributed by atoms with E-state index in [9.17, 15) is 9.59 Å². The van der Waals surface area contributed by atoms with Crippen LogP contribution in [0, 0.1) is 13.8 Å². The van der Waals surface area contributed by atoms with Crippen LogP contribution in [0.3, 0.4) is 0 Å². The summed E-state index contributed by atoms with van der Waals surface area (Å²) in [6, 6.07) is 5.64. The van der Waals surface area contributed by atoms with Gasteiger partial charge >= 0.3 is 0 Å². The molecule has 1 aliphatic rings. The average molecular weight is 260 g/mol. The van der Waals surface area contributed by atoms with E-state index in [1.165, 1.54) is 0 Å². The van der Waals surface area contributed by atoms with Crippen LogP contribution < -0.4 is 10.2 Å². The number of anilines is 1. The molecule has 0 aliphatic carbocycles. The van der Waals surface area contributed by atoms with Gasteiger partial charge in [0.25, 0.3) is 0 Å². The summed E-state index contributed by atoms with van der Waals surface area (Å²) in [6.07, 6.45) is 0.974.